The van der Waals surface area contributed by atoms with E-state index in [2.05, 4.69) is 21.9 Å². The highest BCUT2D eigenvalue weighted by atomic mass is 16.5. The normalized spacial score (nSPS) is 23.3. The average molecular weight is 921 g/mol. The van der Waals surface area contributed by atoms with Gasteiger partial charge in [0.2, 0.25) is 11.8 Å². The quantitative estimate of drug-likeness (QED) is 0.0964. The van der Waals surface area contributed by atoms with E-state index in [0.29, 0.717) is 13.2 Å². The Hall–Kier alpha value is -5.92. The summed E-state index contributed by atoms with van der Waals surface area (Å²) in [6, 6.07) is 26.5. The molecule has 360 valence electrons. The molecule has 6 atom stereocenters. The lowest BCUT2D eigenvalue weighted by molar-refractivity contribution is -0.147. The Labute approximate surface area is 395 Å². The van der Waals surface area contributed by atoms with Crippen LogP contribution >= 0.6 is 0 Å². The first-order valence-corrected chi connectivity index (χ1v) is 24.6. The van der Waals surface area contributed by atoms with E-state index < -0.39 is 5.97 Å². The number of anilines is 2. The molecule has 4 saturated carbocycles. The Morgan fingerprint density at radius 1 is 0.552 bits per heavy atom. The third-order valence-corrected chi connectivity index (χ3v) is 14.4. The fraction of sp³-hybridized carbons (Fsp3) is 0.547. The van der Waals surface area contributed by atoms with Crippen LogP contribution in [0, 0.1) is 11.8 Å². The van der Waals surface area contributed by atoms with Gasteiger partial charge >= 0.3 is 23.9 Å². The number of carbonyl (C=O) groups is 6. The number of hydrogen-bond acceptors (Lipinski definition) is 11. The number of carboxylic acid groups (broad SMARTS) is 1. The number of benzene rings is 3. The Morgan fingerprint density at radius 3 is 1.45 bits per heavy atom. The fourth-order valence-electron chi connectivity index (χ4n) is 11.5. The molecular formula is C53H68N4O10. The minimum absolute atomic E-state index is 0. The van der Waals surface area contributed by atoms with Gasteiger partial charge in [-0.05, 0) is 94.0 Å². The van der Waals surface area contributed by atoms with Gasteiger partial charge in [0.15, 0.2) is 0 Å². The lowest BCUT2D eigenvalue weighted by atomic mass is 9.81. The lowest BCUT2D eigenvalue weighted by Crippen LogP contribution is -2.52. The number of carboxylic acids is 1. The molecule has 14 heteroatoms. The zero-order valence-electron chi connectivity index (χ0n) is 39.0. The molecule has 6 unspecified atom stereocenters. The maximum atomic E-state index is 13.5. The molecule has 2 aliphatic heterocycles. The molecule has 3 aromatic rings. The number of ether oxygens (including phenoxy) is 3. The summed E-state index contributed by atoms with van der Waals surface area (Å²) < 4.78 is 15.7. The Balaban J connectivity index is 0.000000203. The maximum absolute atomic E-state index is 13.5. The predicted octanol–water partition coefficient (Wildman–Crippen LogP) is 8.18. The zero-order valence-corrected chi connectivity index (χ0v) is 39.0. The molecule has 4 aliphatic carbocycles. The van der Waals surface area contributed by atoms with Gasteiger partial charge in [-0.25, -0.2) is 0 Å². The summed E-state index contributed by atoms with van der Waals surface area (Å²) in [5.74, 6) is -1.26. The van der Waals surface area contributed by atoms with E-state index >= 15 is 0 Å². The van der Waals surface area contributed by atoms with Crippen molar-refractivity contribution < 1.29 is 49.5 Å². The summed E-state index contributed by atoms with van der Waals surface area (Å²) in [5.41, 5.74) is 5.04. The average Bonchev–Trinajstić information content (AvgIpc) is 4.25. The summed E-state index contributed by atoms with van der Waals surface area (Å²) in [5, 5.41) is 9.49. The van der Waals surface area contributed by atoms with Crippen LogP contribution < -0.4 is 9.80 Å². The van der Waals surface area contributed by atoms with Crippen molar-refractivity contribution in [1.82, 2.24) is 9.80 Å². The minimum Gasteiger partial charge on any atom is -0.480 e. The second-order valence-electron chi connectivity index (χ2n) is 18.8. The van der Waals surface area contributed by atoms with Gasteiger partial charge < -0.3 is 38.9 Å². The largest absolute Gasteiger partial charge is 0.480 e. The van der Waals surface area contributed by atoms with Gasteiger partial charge in [0.1, 0.15) is 19.7 Å². The molecule has 14 nitrogen and oxygen atoms in total. The molecule has 2 heterocycles. The first-order valence-electron chi connectivity index (χ1n) is 24.6. The minimum atomic E-state index is -0.835. The zero-order chi connectivity index (χ0) is 47.0. The van der Waals surface area contributed by atoms with Crippen LogP contribution in [0.2, 0.25) is 0 Å². The first-order chi connectivity index (χ1) is 32.6. The number of carbonyl (C=O) groups excluding carboxylic acids is 5. The molecule has 0 aromatic heterocycles. The summed E-state index contributed by atoms with van der Waals surface area (Å²) in [7, 11) is 0. The smallest absolute Gasteiger partial charge is 0.325 e. The van der Waals surface area contributed by atoms with Crippen molar-refractivity contribution in [3.8, 4) is 0 Å². The third kappa shape index (κ3) is 11.1. The number of para-hydroxylation sites is 2. The van der Waals surface area contributed by atoms with Crippen molar-refractivity contribution in [3.63, 3.8) is 0 Å². The molecule has 6 aliphatic rings. The van der Waals surface area contributed by atoms with Gasteiger partial charge in [0.25, 0.3) is 0 Å². The van der Waals surface area contributed by atoms with Crippen LogP contribution in [0.5, 0.6) is 0 Å². The van der Waals surface area contributed by atoms with Crippen molar-refractivity contribution in [2.24, 2.45) is 11.8 Å². The number of aliphatic carboxylic acids is 1. The van der Waals surface area contributed by atoms with Crippen LogP contribution in [0.15, 0.2) is 78.9 Å². The van der Waals surface area contributed by atoms with E-state index in [1.165, 1.54) is 0 Å². The third-order valence-electron chi connectivity index (χ3n) is 14.4. The van der Waals surface area contributed by atoms with Gasteiger partial charge in [-0.15, -0.1) is 0 Å². The highest BCUT2D eigenvalue weighted by Crippen LogP contribution is 2.54. The summed E-state index contributed by atoms with van der Waals surface area (Å²) in [4.78, 5) is 83.5. The second-order valence-corrected chi connectivity index (χ2v) is 18.8. The van der Waals surface area contributed by atoms with E-state index in [9.17, 15) is 33.9 Å². The second kappa shape index (κ2) is 21.8. The number of esters is 3. The first kappa shape index (κ1) is 47.6. The van der Waals surface area contributed by atoms with Crippen molar-refractivity contribution in [2.75, 3.05) is 36.1 Å². The van der Waals surface area contributed by atoms with Crippen molar-refractivity contribution in [3.05, 3.63) is 95.6 Å². The number of fused-ring (bicyclic) bond motifs is 4. The van der Waals surface area contributed by atoms with E-state index in [1.807, 2.05) is 76.5 Å². The molecule has 0 bridgehead atoms. The van der Waals surface area contributed by atoms with E-state index in [-0.39, 0.29) is 125 Å². The molecule has 0 saturated heterocycles. The van der Waals surface area contributed by atoms with Crippen LogP contribution in [-0.4, -0.2) is 101 Å². The van der Waals surface area contributed by atoms with E-state index in [1.54, 1.807) is 13.8 Å². The van der Waals surface area contributed by atoms with Gasteiger partial charge in [-0.3, -0.25) is 28.8 Å². The maximum Gasteiger partial charge on any atom is 0.325 e. The lowest BCUT2D eigenvalue weighted by Gasteiger charge is -2.48. The van der Waals surface area contributed by atoms with Crippen molar-refractivity contribution >= 4 is 47.1 Å². The number of hydrogen-bond donors (Lipinski definition) is 1. The van der Waals surface area contributed by atoms with Crippen molar-refractivity contribution in [1.29, 1.82) is 0 Å². The number of amides is 2. The highest BCUT2D eigenvalue weighted by Gasteiger charge is 2.52. The molecule has 1 N–H and O–H groups in total. The summed E-state index contributed by atoms with van der Waals surface area (Å²) in [6.45, 7) is 4.61. The Kier molecular flexibility index (Phi) is 15.5. The van der Waals surface area contributed by atoms with Gasteiger partial charge in [-0.2, -0.15) is 0 Å². The molecule has 9 rings (SSSR count). The molecule has 0 spiro atoms. The highest BCUT2D eigenvalue weighted by molar-refractivity contribution is 5.84. The van der Waals surface area contributed by atoms with Crippen LogP contribution in [0.1, 0.15) is 134 Å². The van der Waals surface area contributed by atoms with E-state index in [0.717, 1.165) is 92.3 Å². The molecule has 0 radical (unpaired) electrons. The molecule has 4 fully saturated rings. The number of rotatable bonds is 18. The van der Waals surface area contributed by atoms with Gasteiger partial charge in [0, 0.05) is 61.6 Å². The molecule has 67 heavy (non-hydrogen) atoms. The SMILES string of the molecule is CCOC(=O)CCC(=O)N(C1CC1)C1c2ccccc2N(CC(=O)O)C2CCCC21.CCOC(=O)CCC(=O)N(C1CC1)C1c2ccccc2N(CC(=O)OCc2ccccc2)C2CCCC21.[HH]. The van der Waals surface area contributed by atoms with Gasteiger partial charge in [0.05, 0.1) is 38.1 Å². The van der Waals surface area contributed by atoms with E-state index in [4.69, 9.17) is 14.2 Å². The number of nitrogens with zero attached hydrogens (tertiary/aromatic N) is 4. The van der Waals surface area contributed by atoms with Crippen LogP contribution in [0.4, 0.5) is 11.4 Å². The van der Waals surface area contributed by atoms with Crippen LogP contribution in [-0.2, 0) is 49.6 Å². The molecular weight excluding hydrogens is 853 g/mol. The molecule has 3 aromatic carbocycles. The summed E-state index contributed by atoms with van der Waals surface area (Å²) >= 11 is 0. The molecule has 2 amide bonds. The standard InChI is InChI=1S/C30H36N2O5.C23H30N2O5.H2/c1-2-36-28(34)18-17-27(33)32(22-15-16-22)30-23-11-6-7-13-25(23)31(26-14-8-12-24(26)30)19-29(35)37-20-21-9-4-3-5-10-21;1-2-30-22(29)13-12-20(26)25(15-10-11-15)23-16-6-3-4-8-18(16)24(14-21(27)28)19-9-5-7-17(19)23;/h3-7,9-11,13,22,24,26,30H,2,8,12,14-20H2,1H3;3-4,6,8,15,17,19,23H,2,5,7,9-14H2,1H3,(H,27,28);1H. The fourth-order valence-corrected chi connectivity index (χ4v) is 11.5. The Bertz CT molecular complexity index is 2250. The van der Waals surface area contributed by atoms with Gasteiger partial charge in [-0.1, -0.05) is 79.6 Å². The predicted molar refractivity (Wildman–Crippen MR) is 253 cm³/mol. The monoisotopic (exact) mass is 920 g/mol. The van der Waals surface area contributed by atoms with Crippen LogP contribution in [0.3, 0.4) is 0 Å². The van der Waals surface area contributed by atoms with Crippen molar-refractivity contribution in [2.45, 2.75) is 147 Å². The summed E-state index contributed by atoms with van der Waals surface area (Å²) in [6.07, 6.45) is 10.5. The Morgan fingerprint density at radius 2 is 1.00 bits per heavy atom. The topological polar surface area (TPSA) is 163 Å². The van der Waals surface area contributed by atoms with Crippen LogP contribution in [0.25, 0.3) is 0 Å².